The Bertz CT molecular complexity index is 425. The van der Waals surface area contributed by atoms with Crippen molar-refractivity contribution in [2.45, 2.75) is 20.0 Å². The summed E-state index contributed by atoms with van der Waals surface area (Å²) in [5.41, 5.74) is 0.747. The van der Waals surface area contributed by atoms with Gasteiger partial charge in [0.25, 0.3) is 0 Å². The summed E-state index contributed by atoms with van der Waals surface area (Å²) >= 11 is 5.90. The Balaban J connectivity index is 2.98. The third kappa shape index (κ3) is 4.49. The molecule has 0 radical (unpaired) electrons. The van der Waals surface area contributed by atoms with Gasteiger partial charge < -0.3 is 9.47 Å². The Morgan fingerprint density at radius 2 is 2.12 bits per heavy atom. The molecule has 0 aliphatic carbocycles. The van der Waals surface area contributed by atoms with Gasteiger partial charge in [-0.25, -0.2) is 4.79 Å². The summed E-state index contributed by atoms with van der Waals surface area (Å²) in [6, 6.07) is 5.26. The highest BCUT2D eigenvalue weighted by Crippen LogP contribution is 2.25. The van der Waals surface area contributed by atoms with Crippen molar-refractivity contribution in [1.82, 2.24) is 0 Å². The molecule has 1 aromatic rings. The molecule has 3 nitrogen and oxygen atoms in total. The fourth-order valence-corrected chi connectivity index (χ4v) is 1.42. The van der Waals surface area contributed by atoms with E-state index < -0.39 is 5.97 Å². The number of halogens is 1. The van der Waals surface area contributed by atoms with Gasteiger partial charge in [-0.15, -0.1) is 0 Å². The Kier molecular flexibility index (Phi) is 5.04. The standard InChI is InChI=1S/C13H15ClO3/c1-9(2)17-12-6-5-11(14)8-10(12)4-7-13(15)16-3/h4-9H,1-3H3/b7-4+. The van der Waals surface area contributed by atoms with E-state index in [0.29, 0.717) is 10.8 Å². The number of carbonyl (C=O) groups is 1. The normalized spacial score (nSPS) is 10.9. The Morgan fingerprint density at radius 3 is 2.71 bits per heavy atom. The predicted octanol–water partition coefficient (Wildman–Crippen LogP) is 3.31. The number of ether oxygens (including phenoxy) is 2. The maximum Gasteiger partial charge on any atom is 0.330 e. The van der Waals surface area contributed by atoms with Crippen LogP contribution < -0.4 is 4.74 Å². The first-order valence-corrected chi connectivity index (χ1v) is 5.63. The summed E-state index contributed by atoms with van der Waals surface area (Å²) in [5, 5.41) is 0.589. The molecule has 92 valence electrons. The maximum absolute atomic E-state index is 11.0. The van der Waals surface area contributed by atoms with Gasteiger partial charge in [0.05, 0.1) is 13.2 Å². The number of benzene rings is 1. The van der Waals surface area contributed by atoms with Crippen LogP contribution in [-0.2, 0) is 9.53 Å². The number of rotatable bonds is 4. The van der Waals surface area contributed by atoms with Gasteiger partial charge in [0.1, 0.15) is 5.75 Å². The zero-order valence-electron chi connectivity index (χ0n) is 10.1. The van der Waals surface area contributed by atoms with Gasteiger partial charge in [-0.2, -0.15) is 0 Å². The molecule has 0 fully saturated rings. The molecule has 4 heteroatoms. The van der Waals surface area contributed by atoms with E-state index in [2.05, 4.69) is 4.74 Å². The second-order valence-corrected chi connectivity index (χ2v) is 4.14. The fourth-order valence-electron chi connectivity index (χ4n) is 1.24. The molecule has 0 aliphatic rings. The topological polar surface area (TPSA) is 35.5 Å². The van der Waals surface area contributed by atoms with Crippen molar-refractivity contribution in [3.63, 3.8) is 0 Å². The van der Waals surface area contributed by atoms with E-state index in [9.17, 15) is 4.79 Å². The molecular formula is C13H15ClO3. The van der Waals surface area contributed by atoms with Gasteiger partial charge in [-0.3, -0.25) is 0 Å². The summed E-state index contributed by atoms with van der Waals surface area (Å²) in [4.78, 5) is 11.0. The number of hydrogen-bond donors (Lipinski definition) is 0. The highest BCUT2D eigenvalue weighted by Gasteiger charge is 2.04. The van der Waals surface area contributed by atoms with Crippen LogP contribution in [0.4, 0.5) is 0 Å². The molecule has 0 unspecified atom stereocenters. The first-order valence-electron chi connectivity index (χ1n) is 5.25. The van der Waals surface area contributed by atoms with Crippen LogP contribution in [0.15, 0.2) is 24.3 Å². The average Bonchev–Trinajstić information content (AvgIpc) is 2.28. The molecule has 1 rings (SSSR count). The maximum atomic E-state index is 11.0. The Labute approximate surface area is 106 Å². The van der Waals surface area contributed by atoms with Crippen molar-refractivity contribution in [2.24, 2.45) is 0 Å². The van der Waals surface area contributed by atoms with Crippen LogP contribution >= 0.6 is 11.6 Å². The van der Waals surface area contributed by atoms with E-state index in [0.717, 1.165) is 5.56 Å². The van der Waals surface area contributed by atoms with Gasteiger partial charge in [-0.05, 0) is 38.1 Å². The molecule has 0 saturated heterocycles. The van der Waals surface area contributed by atoms with Crippen LogP contribution in [0.3, 0.4) is 0 Å². The number of esters is 1. The van der Waals surface area contributed by atoms with Crippen LogP contribution in [0.2, 0.25) is 5.02 Å². The fraction of sp³-hybridized carbons (Fsp3) is 0.308. The molecular weight excluding hydrogens is 240 g/mol. The van der Waals surface area contributed by atoms with E-state index >= 15 is 0 Å². The summed E-state index contributed by atoms with van der Waals surface area (Å²) in [5.74, 6) is 0.269. The minimum Gasteiger partial charge on any atom is -0.490 e. The molecule has 0 amide bonds. The third-order valence-electron chi connectivity index (χ3n) is 1.93. The van der Waals surface area contributed by atoms with Gasteiger partial charge in [0.15, 0.2) is 0 Å². The summed E-state index contributed by atoms with van der Waals surface area (Å²) in [6.45, 7) is 3.87. The van der Waals surface area contributed by atoms with Crippen LogP contribution in [-0.4, -0.2) is 19.2 Å². The highest BCUT2D eigenvalue weighted by molar-refractivity contribution is 6.30. The first-order chi connectivity index (χ1) is 8.02. The van der Waals surface area contributed by atoms with Crippen LogP contribution in [0.1, 0.15) is 19.4 Å². The average molecular weight is 255 g/mol. The minimum absolute atomic E-state index is 0.0569. The molecule has 0 aromatic heterocycles. The monoisotopic (exact) mass is 254 g/mol. The van der Waals surface area contributed by atoms with Crippen LogP contribution in [0, 0.1) is 0 Å². The second-order valence-electron chi connectivity index (χ2n) is 3.71. The molecule has 0 aliphatic heterocycles. The molecule has 0 heterocycles. The zero-order valence-corrected chi connectivity index (χ0v) is 10.8. The Hall–Kier alpha value is -1.48. The summed E-state index contributed by atoms with van der Waals surface area (Å²) < 4.78 is 10.1. The molecule has 0 N–H and O–H groups in total. The SMILES string of the molecule is COC(=O)/C=C/c1cc(Cl)ccc1OC(C)C. The van der Waals surface area contributed by atoms with E-state index in [1.165, 1.54) is 13.2 Å². The first kappa shape index (κ1) is 13.6. The van der Waals surface area contributed by atoms with Crippen molar-refractivity contribution >= 4 is 23.6 Å². The molecule has 17 heavy (non-hydrogen) atoms. The van der Waals surface area contributed by atoms with Gasteiger partial charge in [0, 0.05) is 16.7 Å². The van der Waals surface area contributed by atoms with Crippen molar-refractivity contribution in [1.29, 1.82) is 0 Å². The Morgan fingerprint density at radius 1 is 1.41 bits per heavy atom. The lowest BCUT2D eigenvalue weighted by Gasteiger charge is -2.12. The van der Waals surface area contributed by atoms with E-state index in [1.54, 1.807) is 24.3 Å². The second kappa shape index (κ2) is 6.30. The van der Waals surface area contributed by atoms with Crippen molar-refractivity contribution in [2.75, 3.05) is 7.11 Å². The van der Waals surface area contributed by atoms with E-state index in [4.69, 9.17) is 16.3 Å². The molecule has 0 bridgehead atoms. The van der Waals surface area contributed by atoms with E-state index in [1.807, 2.05) is 13.8 Å². The highest BCUT2D eigenvalue weighted by atomic mass is 35.5. The third-order valence-corrected chi connectivity index (χ3v) is 2.17. The van der Waals surface area contributed by atoms with E-state index in [-0.39, 0.29) is 6.10 Å². The number of hydrogen-bond acceptors (Lipinski definition) is 3. The van der Waals surface area contributed by atoms with Gasteiger partial charge >= 0.3 is 5.97 Å². The number of methoxy groups -OCH3 is 1. The van der Waals surface area contributed by atoms with Crippen molar-refractivity contribution in [3.8, 4) is 5.75 Å². The summed E-state index contributed by atoms with van der Waals surface area (Å²) in [6.07, 6.45) is 3.01. The lowest BCUT2D eigenvalue weighted by Crippen LogP contribution is -2.06. The largest absolute Gasteiger partial charge is 0.490 e. The smallest absolute Gasteiger partial charge is 0.330 e. The van der Waals surface area contributed by atoms with Gasteiger partial charge in [-0.1, -0.05) is 11.6 Å². The van der Waals surface area contributed by atoms with Crippen LogP contribution in [0.25, 0.3) is 6.08 Å². The lowest BCUT2D eigenvalue weighted by atomic mass is 10.2. The van der Waals surface area contributed by atoms with Crippen molar-refractivity contribution < 1.29 is 14.3 Å². The van der Waals surface area contributed by atoms with Gasteiger partial charge in [0.2, 0.25) is 0 Å². The zero-order chi connectivity index (χ0) is 12.8. The predicted molar refractivity (Wildman–Crippen MR) is 68.3 cm³/mol. The molecule has 0 saturated carbocycles. The van der Waals surface area contributed by atoms with Crippen LogP contribution in [0.5, 0.6) is 5.75 Å². The number of carbonyl (C=O) groups excluding carboxylic acids is 1. The quantitative estimate of drug-likeness (QED) is 0.611. The lowest BCUT2D eigenvalue weighted by molar-refractivity contribution is -0.134. The summed E-state index contributed by atoms with van der Waals surface area (Å²) in [7, 11) is 1.33. The molecule has 0 atom stereocenters. The van der Waals surface area contributed by atoms with Crippen molar-refractivity contribution in [3.05, 3.63) is 34.9 Å². The molecule has 1 aromatic carbocycles. The molecule has 0 spiro atoms. The minimum atomic E-state index is -0.416.